The zero-order chi connectivity index (χ0) is 15.6. The van der Waals surface area contributed by atoms with Gasteiger partial charge in [-0.15, -0.1) is 0 Å². The Morgan fingerprint density at radius 2 is 1.71 bits per heavy atom. The average molecular weight is 296 g/mol. The number of hydrogen-bond donors (Lipinski definition) is 0. The van der Waals surface area contributed by atoms with Crippen molar-refractivity contribution in [1.29, 1.82) is 0 Å². The standard InChI is InChI=1S/C16H28N2O3/c1-11-8-9-12(2)18(11)13(3)15(19)17-10-6-5-7-14(17)16(20)21-4/h11-14H,5-10H2,1-4H3/t11?,12?,13?,14-/m1/s1. The van der Waals surface area contributed by atoms with Crippen LogP contribution in [0.4, 0.5) is 0 Å². The van der Waals surface area contributed by atoms with Crippen molar-refractivity contribution in [2.24, 2.45) is 0 Å². The lowest BCUT2D eigenvalue weighted by Gasteiger charge is -2.39. The van der Waals surface area contributed by atoms with E-state index in [1.54, 1.807) is 4.90 Å². The molecule has 2 aliphatic heterocycles. The van der Waals surface area contributed by atoms with E-state index in [1.807, 2.05) is 6.92 Å². The predicted molar refractivity (Wildman–Crippen MR) is 80.8 cm³/mol. The quantitative estimate of drug-likeness (QED) is 0.745. The fourth-order valence-electron chi connectivity index (χ4n) is 3.92. The second kappa shape index (κ2) is 6.77. The van der Waals surface area contributed by atoms with Crippen LogP contribution < -0.4 is 0 Å². The van der Waals surface area contributed by atoms with Crippen molar-refractivity contribution < 1.29 is 14.3 Å². The number of piperidine rings is 1. The van der Waals surface area contributed by atoms with E-state index < -0.39 is 6.04 Å². The molecular formula is C16H28N2O3. The van der Waals surface area contributed by atoms with Gasteiger partial charge in [-0.05, 0) is 52.9 Å². The van der Waals surface area contributed by atoms with Crippen molar-refractivity contribution in [3.8, 4) is 0 Å². The van der Waals surface area contributed by atoms with Crippen molar-refractivity contribution in [3.63, 3.8) is 0 Å². The number of hydrogen-bond acceptors (Lipinski definition) is 4. The number of esters is 1. The Labute approximate surface area is 127 Å². The van der Waals surface area contributed by atoms with Crippen molar-refractivity contribution in [1.82, 2.24) is 9.80 Å². The van der Waals surface area contributed by atoms with E-state index in [1.165, 1.54) is 7.11 Å². The third-order valence-electron chi connectivity index (χ3n) is 5.08. The smallest absolute Gasteiger partial charge is 0.328 e. The lowest BCUT2D eigenvalue weighted by Crippen LogP contribution is -2.56. The maximum atomic E-state index is 12.9. The Morgan fingerprint density at radius 1 is 1.10 bits per heavy atom. The molecule has 0 aromatic carbocycles. The molecule has 21 heavy (non-hydrogen) atoms. The Morgan fingerprint density at radius 3 is 2.29 bits per heavy atom. The van der Waals surface area contributed by atoms with Gasteiger partial charge in [0.05, 0.1) is 13.2 Å². The largest absolute Gasteiger partial charge is 0.467 e. The number of carbonyl (C=O) groups is 2. The summed E-state index contributed by atoms with van der Waals surface area (Å²) in [7, 11) is 1.40. The summed E-state index contributed by atoms with van der Waals surface area (Å²) >= 11 is 0. The van der Waals surface area contributed by atoms with Crippen molar-refractivity contribution >= 4 is 11.9 Å². The van der Waals surface area contributed by atoms with Crippen LogP contribution in [0.3, 0.4) is 0 Å². The molecule has 3 unspecified atom stereocenters. The number of carbonyl (C=O) groups excluding carboxylic acids is 2. The van der Waals surface area contributed by atoms with E-state index in [9.17, 15) is 9.59 Å². The highest BCUT2D eigenvalue weighted by Crippen LogP contribution is 2.28. The lowest BCUT2D eigenvalue weighted by molar-refractivity contribution is -0.157. The SMILES string of the molecule is COC(=O)[C@H]1CCCCN1C(=O)C(C)N1C(C)CCC1C. The molecule has 0 aliphatic carbocycles. The minimum atomic E-state index is -0.396. The summed E-state index contributed by atoms with van der Waals surface area (Å²) < 4.78 is 4.87. The molecule has 120 valence electrons. The molecule has 0 radical (unpaired) electrons. The molecule has 0 N–H and O–H groups in total. The summed E-state index contributed by atoms with van der Waals surface area (Å²) in [6, 6.07) is 0.301. The van der Waals surface area contributed by atoms with Gasteiger partial charge < -0.3 is 9.64 Å². The van der Waals surface area contributed by atoms with E-state index in [0.29, 0.717) is 18.6 Å². The molecule has 2 saturated heterocycles. The van der Waals surface area contributed by atoms with Crippen LogP contribution in [0.1, 0.15) is 52.9 Å². The molecule has 0 spiro atoms. The summed E-state index contributed by atoms with van der Waals surface area (Å²) in [4.78, 5) is 28.9. The monoisotopic (exact) mass is 296 g/mol. The van der Waals surface area contributed by atoms with Gasteiger partial charge in [-0.3, -0.25) is 9.69 Å². The molecule has 0 saturated carbocycles. The number of nitrogens with zero attached hydrogens (tertiary/aromatic N) is 2. The minimum Gasteiger partial charge on any atom is -0.467 e. The fraction of sp³-hybridized carbons (Fsp3) is 0.875. The Kier molecular flexibility index (Phi) is 5.25. The van der Waals surface area contributed by atoms with Gasteiger partial charge in [-0.2, -0.15) is 0 Å². The van der Waals surface area contributed by atoms with E-state index in [-0.39, 0.29) is 17.9 Å². The molecule has 2 rings (SSSR count). The zero-order valence-electron chi connectivity index (χ0n) is 13.7. The van der Waals surface area contributed by atoms with Gasteiger partial charge in [-0.25, -0.2) is 4.79 Å². The van der Waals surface area contributed by atoms with Gasteiger partial charge in [-0.1, -0.05) is 0 Å². The first-order chi connectivity index (χ1) is 9.97. The van der Waals surface area contributed by atoms with Gasteiger partial charge in [0.2, 0.25) is 5.91 Å². The second-order valence-corrected chi connectivity index (χ2v) is 6.46. The first-order valence-corrected chi connectivity index (χ1v) is 8.13. The van der Waals surface area contributed by atoms with Gasteiger partial charge in [0.1, 0.15) is 6.04 Å². The number of likely N-dealkylation sites (tertiary alicyclic amines) is 2. The van der Waals surface area contributed by atoms with Crippen LogP contribution in [-0.2, 0) is 14.3 Å². The Bertz CT molecular complexity index is 389. The predicted octanol–water partition coefficient (Wildman–Crippen LogP) is 1.80. The molecule has 2 fully saturated rings. The highest BCUT2D eigenvalue weighted by molar-refractivity contribution is 5.87. The summed E-state index contributed by atoms with van der Waals surface area (Å²) in [6.45, 7) is 7.01. The Balaban J connectivity index is 2.11. The molecule has 0 bridgehead atoms. The van der Waals surface area contributed by atoms with E-state index >= 15 is 0 Å². The van der Waals surface area contributed by atoms with Crippen LogP contribution in [0.5, 0.6) is 0 Å². The fourth-order valence-corrected chi connectivity index (χ4v) is 3.92. The van der Waals surface area contributed by atoms with Crippen LogP contribution in [-0.4, -0.2) is 59.5 Å². The molecule has 1 amide bonds. The van der Waals surface area contributed by atoms with Crippen LogP contribution in [0.15, 0.2) is 0 Å². The van der Waals surface area contributed by atoms with Crippen molar-refractivity contribution in [2.45, 2.75) is 77.0 Å². The normalized spacial score (nSPS) is 32.0. The van der Waals surface area contributed by atoms with Crippen LogP contribution in [0.25, 0.3) is 0 Å². The highest BCUT2D eigenvalue weighted by Gasteiger charge is 2.40. The Hall–Kier alpha value is -1.10. The third kappa shape index (κ3) is 3.23. The molecule has 4 atom stereocenters. The number of rotatable bonds is 3. The van der Waals surface area contributed by atoms with E-state index in [4.69, 9.17) is 4.74 Å². The molecule has 0 aromatic rings. The van der Waals surface area contributed by atoms with Gasteiger partial charge in [0.25, 0.3) is 0 Å². The summed E-state index contributed by atoms with van der Waals surface area (Å²) in [5.41, 5.74) is 0. The van der Waals surface area contributed by atoms with Crippen LogP contribution in [0.2, 0.25) is 0 Å². The van der Waals surface area contributed by atoms with Gasteiger partial charge in [0, 0.05) is 18.6 Å². The maximum absolute atomic E-state index is 12.9. The topological polar surface area (TPSA) is 49.9 Å². The van der Waals surface area contributed by atoms with E-state index in [2.05, 4.69) is 18.7 Å². The van der Waals surface area contributed by atoms with Crippen LogP contribution >= 0.6 is 0 Å². The number of ether oxygens (including phenoxy) is 1. The molecule has 5 heteroatoms. The molecule has 5 nitrogen and oxygen atoms in total. The lowest BCUT2D eigenvalue weighted by atomic mass is 10.0. The van der Waals surface area contributed by atoms with Crippen molar-refractivity contribution in [3.05, 3.63) is 0 Å². The first-order valence-electron chi connectivity index (χ1n) is 8.13. The minimum absolute atomic E-state index is 0.0747. The van der Waals surface area contributed by atoms with Crippen molar-refractivity contribution in [2.75, 3.05) is 13.7 Å². The molecule has 2 heterocycles. The second-order valence-electron chi connectivity index (χ2n) is 6.46. The van der Waals surface area contributed by atoms with E-state index in [0.717, 1.165) is 32.1 Å². The summed E-state index contributed by atoms with van der Waals surface area (Å²) in [5.74, 6) is -0.205. The molecule has 0 aromatic heterocycles. The molecular weight excluding hydrogens is 268 g/mol. The first kappa shape index (κ1) is 16.3. The van der Waals surface area contributed by atoms with Crippen LogP contribution in [0, 0.1) is 0 Å². The third-order valence-corrected chi connectivity index (χ3v) is 5.08. The summed E-state index contributed by atoms with van der Waals surface area (Å²) in [5, 5.41) is 0. The molecule has 2 aliphatic rings. The zero-order valence-corrected chi connectivity index (χ0v) is 13.7. The van der Waals surface area contributed by atoms with Gasteiger partial charge in [0.15, 0.2) is 0 Å². The highest BCUT2D eigenvalue weighted by atomic mass is 16.5. The number of amides is 1. The summed E-state index contributed by atoms with van der Waals surface area (Å²) in [6.07, 6.45) is 4.94. The number of methoxy groups -OCH3 is 1. The van der Waals surface area contributed by atoms with Gasteiger partial charge >= 0.3 is 5.97 Å². The maximum Gasteiger partial charge on any atom is 0.328 e. The average Bonchev–Trinajstić information content (AvgIpc) is 2.84.